The quantitative estimate of drug-likeness (QED) is 0.419. The van der Waals surface area contributed by atoms with Crippen LogP contribution in [0.5, 0.6) is 0 Å². The van der Waals surface area contributed by atoms with Gasteiger partial charge in [-0.2, -0.15) is 0 Å². The largest absolute Gasteiger partial charge is 0.392 e. The summed E-state index contributed by atoms with van der Waals surface area (Å²) in [5.41, 5.74) is 0. The number of rotatable bonds is 10. The Hall–Kier alpha value is -0.200. The summed E-state index contributed by atoms with van der Waals surface area (Å²) in [6.07, 6.45) is -0.615. The normalized spacial score (nSPS) is 13.4. The number of nitrogens with one attached hydrogen (secondary N) is 2. The summed E-state index contributed by atoms with van der Waals surface area (Å²) in [5, 5.41) is 24.0. The number of aliphatic hydroxyl groups excluding tert-OH is 2. The zero-order valence-electron chi connectivity index (χ0n) is 9.70. The Morgan fingerprint density at radius 1 is 0.882 bits per heavy atom. The monoisotopic (exact) mass is 252 g/mol. The highest BCUT2D eigenvalue weighted by molar-refractivity contribution is 4.53. The van der Waals surface area contributed by atoms with Crippen molar-refractivity contribution in [1.82, 2.24) is 10.6 Å². The van der Waals surface area contributed by atoms with Crippen LogP contribution < -0.4 is 10.6 Å². The lowest BCUT2D eigenvalue weighted by atomic mass is 10.4. The molecule has 0 spiro atoms. The Morgan fingerprint density at radius 2 is 1.24 bits per heavy atom. The highest BCUT2D eigenvalue weighted by atomic mass is 16.5. The van der Waals surface area contributed by atoms with Gasteiger partial charge in [-0.1, -0.05) is 14.9 Å². The topological polar surface area (TPSA) is 73.8 Å². The van der Waals surface area contributed by atoms with E-state index in [-0.39, 0.29) is 27.1 Å². The summed E-state index contributed by atoms with van der Waals surface area (Å²) in [6, 6.07) is 0. The summed E-state index contributed by atoms with van der Waals surface area (Å²) in [7, 11) is 0. The van der Waals surface area contributed by atoms with Gasteiger partial charge in [-0.05, 0) is 13.8 Å². The minimum Gasteiger partial charge on any atom is -0.392 e. The molecule has 0 fully saturated rings. The van der Waals surface area contributed by atoms with Crippen LogP contribution in [0.25, 0.3) is 0 Å². The number of aliphatic hydroxyl groups is 2. The first-order valence-corrected chi connectivity index (χ1v) is 5.48. The second kappa shape index (κ2) is 15.8. The van der Waals surface area contributed by atoms with Crippen LogP contribution in [0.2, 0.25) is 0 Å². The van der Waals surface area contributed by atoms with Crippen molar-refractivity contribution < 1.29 is 14.9 Å². The first-order valence-electron chi connectivity index (χ1n) is 5.48. The average molecular weight is 252 g/mol. The van der Waals surface area contributed by atoms with Crippen LogP contribution in [0.15, 0.2) is 0 Å². The lowest BCUT2D eigenvalue weighted by Gasteiger charge is -2.09. The molecule has 0 aliphatic heterocycles. The molecule has 0 aromatic heterocycles. The molecule has 0 aliphatic carbocycles. The molecular weight excluding hydrogens is 220 g/mol. The fourth-order valence-electron chi connectivity index (χ4n) is 1.01. The Balaban J connectivity index is -0.000000980. The van der Waals surface area contributed by atoms with E-state index in [1.165, 1.54) is 0 Å². The van der Waals surface area contributed by atoms with E-state index in [9.17, 15) is 0 Å². The molecule has 0 aromatic carbocycles. The van der Waals surface area contributed by atoms with Crippen molar-refractivity contribution in [2.45, 2.75) is 40.9 Å². The van der Waals surface area contributed by atoms with Crippen LogP contribution in [-0.2, 0) is 4.74 Å². The summed E-state index contributed by atoms with van der Waals surface area (Å²) in [4.78, 5) is 0. The van der Waals surface area contributed by atoms with Gasteiger partial charge in [-0.3, -0.25) is 0 Å². The third kappa shape index (κ3) is 21.6. The Morgan fingerprint density at radius 3 is 1.53 bits per heavy atom. The molecule has 0 saturated heterocycles. The smallest absolute Gasteiger partial charge is 0.0636 e. The van der Waals surface area contributed by atoms with Crippen molar-refractivity contribution in [2.75, 3.05) is 39.4 Å². The second-order valence-electron chi connectivity index (χ2n) is 3.72. The lowest BCUT2D eigenvalue weighted by Crippen LogP contribution is -2.30. The van der Waals surface area contributed by atoms with E-state index in [4.69, 9.17) is 14.9 Å². The Kier molecular flexibility index (Phi) is 20.5. The van der Waals surface area contributed by atoms with Gasteiger partial charge >= 0.3 is 0 Å². The van der Waals surface area contributed by atoms with Crippen molar-refractivity contribution >= 4 is 0 Å². The number of ether oxygens (including phenoxy) is 1. The highest BCUT2D eigenvalue weighted by Gasteiger charge is 1.95. The van der Waals surface area contributed by atoms with E-state index in [0.29, 0.717) is 26.3 Å². The third-order valence-corrected chi connectivity index (χ3v) is 1.73. The second-order valence-corrected chi connectivity index (χ2v) is 3.72. The molecule has 4 N–H and O–H groups in total. The average Bonchev–Trinajstić information content (AvgIpc) is 2.14. The third-order valence-electron chi connectivity index (χ3n) is 1.73. The van der Waals surface area contributed by atoms with Crippen LogP contribution in [0, 0.1) is 0 Å². The molecule has 0 rings (SSSR count). The van der Waals surface area contributed by atoms with Crippen LogP contribution in [0.4, 0.5) is 0 Å². The minimum atomic E-state index is -0.308. The van der Waals surface area contributed by atoms with Gasteiger partial charge in [0.2, 0.25) is 0 Å². The maximum absolute atomic E-state index is 8.94. The standard InChI is InChI=1S/C10H24N2O3.2CH4/c1-9(13)7-11-3-5-15-6-4-12-8-10(2)14;;/h9-14H,3-8H2,1-2H3;2*1H4. The van der Waals surface area contributed by atoms with Crippen molar-refractivity contribution in [1.29, 1.82) is 0 Å². The number of hydrogen-bond acceptors (Lipinski definition) is 5. The molecular formula is C12H32N2O3. The van der Waals surface area contributed by atoms with Gasteiger partial charge in [0.25, 0.3) is 0 Å². The molecule has 108 valence electrons. The lowest BCUT2D eigenvalue weighted by molar-refractivity contribution is 0.127. The summed E-state index contributed by atoms with van der Waals surface area (Å²) in [6.45, 7) is 7.48. The van der Waals surface area contributed by atoms with Crippen molar-refractivity contribution in [3.05, 3.63) is 0 Å². The van der Waals surface area contributed by atoms with Gasteiger partial charge in [0.1, 0.15) is 0 Å². The van der Waals surface area contributed by atoms with Crippen molar-refractivity contribution in [3.63, 3.8) is 0 Å². The maximum Gasteiger partial charge on any atom is 0.0636 e. The molecule has 0 bridgehead atoms. The van der Waals surface area contributed by atoms with E-state index >= 15 is 0 Å². The summed E-state index contributed by atoms with van der Waals surface area (Å²) < 4.78 is 5.31. The molecule has 2 unspecified atom stereocenters. The Bertz CT molecular complexity index is 119. The van der Waals surface area contributed by atoms with Crippen LogP contribution in [-0.4, -0.2) is 61.8 Å². The first kappa shape index (κ1) is 22.0. The highest BCUT2D eigenvalue weighted by Crippen LogP contribution is 1.77. The molecule has 2 atom stereocenters. The van der Waals surface area contributed by atoms with Gasteiger partial charge in [0.05, 0.1) is 25.4 Å². The molecule has 0 saturated carbocycles. The maximum atomic E-state index is 8.94. The molecule has 0 heterocycles. The number of hydrogen-bond donors (Lipinski definition) is 4. The van der Waals surface area contributed by atoms with Gasteiger partial charge in [-0.25, -0.2) is 0 Å². The molecule has 5 heteroatoms. The molecule has 17 heavy (non-hydrogen) atoms. The van der Waals surface area contributed by atoms with Crippen LogP contribution >= 0.6 is 0 Å². The predicted molar refractivity (Wildman–Crippen MR) is 73.4 cm³/mol. The first-order chi connectivity index (χ1) is 7.13. The minimum absolute atomic E-state index is 0. The predicted octanol–water partition coefficient (Wildman–Crippen LogP) is 0.216. The van der Waals surface area contributed by atoms with Gasteiger partial charge in [0.15, 0.2) is 0 Å². The summed E-state index contributed by atoms with van der Waals surface area (Å²) >= 11 is 0. The van der Waals surface area contributed by atoms with Gasteiger partial charge < -0.3 is 25.6 Å². The van der Waals surface area contributed by atoms with Crippen molar-refractivity contribution in [2.24, 2.45) is 0 Å². The van der Waals surface area contributed by atoms with Crippen LogP contribution in [0.1, 0.15) is 28.7 Å². The van der Waals surface area contributed by atoms with E-state index in [1.807, 2.05) is 0 Å². The Labute approximate surface area is 107 Å². The van der Waals surface area contributed by atoms with Crippen molar-refractivity contribution in [3.8, 4) is 0 Å². The van der Waals surface area contributed by atoms with E-state index < -0.39 is 0 Å². The molecule has 0 aromatic rings. The fourth-order valence-corrected chi connectivity index (χ4v) is 1.01. The SMILES string of the molecule is C.C.CC(O)CNCCOCCNCC(C)O. The molecule has 0 aliphatic rings. The fraction of sp³-hybridized carbons (Fsp3) is 1.00. The molecule has 0 amide bonds. The summed E-state index contributed by atoms with van der Waals surface area (Å²) in [5.74, 6) is 0. The van der Waals surface area contributed by atoms with E-state index in [2.05, 4.69) is 10.6 Å². The zero-order chi connectivity index (χ0) is 11.5. The molecule has 5 nitrogen and oxygen atoms in total. The van der Waals surface area contributed by atoms with Gasteiger partial charge in [-0.15, -0.1) is 0 Å². The van der Waals surface area contributed by atoms with E-state index in [0.717, 1.165) is 13.1 Å². The molecule has 0 radical (unpaired) electrons. The zero-order valence-corrected chi connectivity index (χ0v) is 9.70. The van der Waals surface area contributed by atoms with E-state index in [1.54, 1.807) is 13.8 Å². The van der Waals surface area contributed by atoms with Crippen LogP contribution in [0.3, 0.4) is 0 Å². The van der Waals surface area contributed by atoms with Gasteiger partial charge in [0, 0.05) is 26.2 Å².